The van der Waals surface area contributed by atoms with Crippen LogP contribution in [0.4, 0.5) is 0 Å². The number of methoxy groups -OCH3 is 2. The summed E-state index contributed by atoms with van der Waals surface area (Å²) in [6.07, 6.45) is 4.97. The van der Waals surface area contributed by atoms with Crippen LogP contribution in [0.15, 0.2) is 23.2 Å². The summed E-state index contributed by atoms with van der Waals surface area (Å²) in [6.45, 7) is 10.6. The molecule has 1 fully saturated rings. The number of hydrogen-bond donors (Lipinski definition) is 2. The molecule has 1 aliphatic heterocycles. The van der Waals surface area contributed by atoms with Crippen LogP contribution in [0.25, 0.3) is 0 Å². The maximum Gasteiger partial charge on any atom is 0.191 e. The van der Waals surface area contributed by atoms with Crippen molar-refractivity contribution in [1.82, 2.24) is 15.5 Å². The number of ether oxygens (including phenoxy) is 2. The lowest BCUT2D eigenvalue weighted by Gasteiger charge is -2.28. The van der Waals surface area contributed by atoms with Crippen molar-refractivity contribution in [3.05, 3.63) is 23.8 Å². The van der Waals surface area contributed by atoms with Crippen molar-refractivity contribution in [1.29, 1.82) is 0 Å². The van der Waals surface area contributed by atoms with E-state index in [1.54, 1.807) is 14.2 Å². The van der Waals surface area contributed by atoms with Crippen LogP contribution in [-0.4, -0.2) is 64.3 Å². The van der Waals surface area contributed by atoms with E-state index >= 15 is 0 Å². The monoisotopic (exact) mass is 518 g/mol. The fourth-order valence-corrected chi connectivity index (χ4v) is 3.59. The summed E-state index contributed by atoms with van der Waals surface area (Å²) in [7, 11) is 3.32. The van der Waals surface area contributed by atoms with Gasteiger partial charge in [-0.1, -0.05) is 19.4 Å². The molecular formula is C22H39IN4O2. The second-order valence-corrected chi connectivity index (χ2v) is 7.55. The first-order chi connectivity index (χ1) is 13.7. The molecule has 0 amide bonds. The van der Waals surface area contributed by atoms with Gasteiger partial charge in [-0.3, -0.25) is 4.99 Å². The van der Waals surface area contributed by atoms with Crippen molar-refractivity contribution in [2.45, 2.75) is 39.5 Å². The number of halogens is 1. The van der Waals surface area contributed by atoms with Crippen LogP contribution in [0.2, 0.25) is 0 Å². The van der Waals surface area contributed by atoms with Crippen LogP contribution in [0.1, 0.15) is 38.7 Å². The molecule has 1 atom stereocenters. The third-order valence-electron chi connectivity index (χ3n) is 5.08. The largest absolute Gasteiger partial charge is 0.493 e. The number of benzene rings is 1. The first kappa shape index (κ1) is 25.8. The molecule has 0 radical (unpaired) electrons. The van der Waals surface area contributed by atoms with E-state index in [0.29, 0.717) is 5.92 Å². The number of nitrogens with zero attached hydrogens (tertiary/aromatic N) is 2. The number of nitrogens with one attached hydrogen (secondary N) is 2. The van der Waals surface area contributed by atoms with Gasteiger partial charge in [0, 0.05) is 26.2 Å². The first-order valence-corrected chi connectivity index (χ1v) is 10.6. The Kier molecular flexibility index (Phi) is 13.1. The Bertz CT molecular complexity index is 606. The number of likely N-dealkylation sites (tertiary alicyclic amines) is 1. The SMILES string of the molecule is CCNC(=NCC(C)CN1CCCCC1)NCCc1ccc(OC)c(OC)c1.I. The number of aliphatic imine (C=N–C) groups is 1. The average molecular weight is 518 g/mol. The van der Waals surface area contributed by atoms with Crippen molar-refractivity contribution in [3.63, 3.8) is 0 Å². The molecule has 1 aliphatic rings. The van der Waals surface area contributed by atoms with Crippen LogP contribution >= 0.6 is 24.0 Å². The summed E-state index contributed by atoms with van der Waals surface area (Å²) >= 11 is 0. The van der Waals surface area contributed by atoms with Crippen LogP contribution in [0, 0.1) is 5.92 Å². The number of piperidine rings is 1. The van der Waals surface area contributed by atoms with Gasteiger partial charge in [0.15, 0.2) is 17.5 Å². The fourth-order valence-electron chi connectivity index (χ4n) is 3.59. The third-order valence-corrected chi connectivity index (χ3v) is 5.08. The second kappa shape index (κ2) is 14.7. The molecule has 0 aromatic heterocycles. The summed E-state index contributed by atoms with van der Waals surface area (Å²) < 4.78 is 10.7. The summed E-state index contributed by atoms with van der Waals surface area (Å²) in [6, 6.07) is 6.06. The number of hydrogen-bond acceptors (Lipinski definition) is 4. The van der Waals surface area contributed by atoms with Gasteiger partial charge in [0.1, 0.15) is 0 Å². The normalized spacial score (nSPS) is 15.9. The molecule has 7 heteroatoms. The third kappa shape index (κ3) is 9.42. The van der Waals surface area contributed by atoms with Gasteiger partial charge >= 0.3 is 0 Å². The van der Waals surface area contributed by atoms with E-state index in [9.17, 15) is 0 Å². The van der Waals surface area contributed by atoms with Crippen LogP contribution < -0.4 is 20.1 Å². The zero-order valence-electron chi connectivity index (χ0n) is 18.5. The molecule has 2 rings (SSSR count). The summed E-state index contributed by atoms with van der Waals surface area (Å²) in [5.74, 6) is 3.00. The highest BCUT2D eigenvalue weighted by molar-refractivity contribution is 14.0. The molecule has 0 saturated carbocycles. The van der Waals surface area contributed by atoms with E-state index in [1.165, 1.54) is 37.9 Å². The van der Waals surface area contributed by atoms with Crippen LogP contribution in [0.3, 0.4) is 0 Å². The molecule has 1 heterocycles. The van der Waals surface area contributed by atoms with Crippen molar-refractivity contribution >= 4 is 29.9 Å². The molecule has 0 bridgehead atoms. The van der Waals surface area contributed by atoms with E-state index < -0.39 is 0 Å². The van der Waals surface area contributed by atoms with Crippen LogP contribution in [0.5, 0.6) is 11.5 Å². The molecule has 29 heavy (non-hydrogen) atoms. The molecule has 6 nitrogen and oxygen atoms in total. The topological polar surface area (TPSA) is 58.1 Å². The van der Waals surface area contributed by atoms with Gasteiger partial charge in [-0.25, -0.2) is 0 Å². The highest BCUT2D eigenvalue weighted by Gasteiger charge is 2.13. The van der Waals surface area contributed by atoms with E-state index in [2.05, 4.69) is 35.4 Å². The minimum atomic E-state index is 0. The quantitative estimate of drug-likeness (QED) is 0.282. The minimum Gasteiger partial charge on any atom is -0.493 e. The molecule has 2 N–H and O–H groups in total. The highest BCUT2D eigenvalue weighted by Crippen LogP contribution is 2.27. The molecule has 1 aromatic rings. The van der Waals surface area contributed by atoms with Crippen molar-refractivity contribution in [2.75, 3.05) is 53.5 Å². The Balaban J connectivity index is 0.00000420. The second-order valence-electron chi connectivity index (χ2n) is 7.55. The molecule has 1 unspecified atom stereocenters. The molecule has 0 aliphatic carbocycles. The maximum atomic E-state index is 5.38. The molecule has 0 spiro atoms. The summed E-state index contributed by atoms with van der Waals surface area (Å²) in [4.78, 5) is 7.38. The lowest BCUT2D eigenvalue weighted by molar-refractivity contribution is 0.203. The Morgan fingerprint density at radius 1 is 1.10 bits per heavy atom. The predicted molar refractivity (Wildman–Crippen MR) is 132 cm³/mol. The fraction of sp³-hybridized carbons (Fsp3) is 0.682. The molecule has 166 valence electrons. The minimum absolute atomic E-state index is 0. The van der Waals surface area contributed by atoms with Crippen LogP contribution in [-0.2, 0) is 6.42 Å². The van der Waals surface area contributed by atoms with Gasteiger partial charge < -0.3 is 25.0 Å². The average Bonchev–Trinajstić information content (AvgIpc) is 2.72. The van der Waals surface area contributed by atoms with E-state index in [-0.39, 0.29) is 24.0 Å². The Morgan fingerprint density at radius 3 is 2.48 bits per heavy atom. The molecule has 1 aromatic carbocycles. The number of rotatable bonds is 10. The van der Waals surface area contributed by atoms with Gasteiger partial charge in [-0.15, -0.1) is 24.0 Å². The first-order valence-electron chi connectivity index (χ1n) is 10.6. The van der Waals surface area contributed by atoms with Crippen molar-refractivity contribution in [3.8, 4) is 11.5 Å². The lowest BCUT2D eigenvalue weighted by atomic mass is 10.1. The lowest BCUT2D eigenvalue weighted by Crippen LogP contribution is -2.39. The van der Waals surface area contributed by atoms with E-state index in [1.807, 2.05) is 12.1 Å². The van der Waals surface area contributed by atoms with Gasteiger partial charge in [0.25, 0.3) is 0 Å². The van der Waals surface area contributed by atoms with Crippen molar-refractivity contribution < 1.29 is 9.47 Å². The summed E-state index contributed by atoms with van der Waals surface area (Å²) in [5, 5.41) is 6.80. The molecule has 1 saturated heterocycles. The van der Waals surface area contributed by atoms with Gasteiger partial charge in [0.05, 0.1) is 14.2 Å². The standard InChI is InChI=1S/C22H38N4O2.HI/c1-5-23-22(25-16-18(2)17-26-13-7-6-8-14-26)24-12-11-19-9-10-20(27-3)21(15-19)28-4;/h9-10,15,18H,5-8,11-14,16-17H2,1-4H3,(H2,23,24,25);1H. The zero-order valence-corrected chi connectivity index (χ0v) is 20.8. The van der Waals surface area contributed by atoms with E-state index in [0.717, 1.165) is 50.1 Å². The maximum absolute atomic E-state index is 5.38. The predicted octanol–water partition coefficient (Wildman–Crippen LogP) is 3.54. The van der Waals surface area contributed by atoms with Crippen molar-refractivity contribution in [2.24, 2.45) is 10.9 Å². The highest BCUT2D eigenvalue weighted by atomic mass is 127. The van der Waals surface area contributed by atoms with E-state index in [4.69, 9.17) is 14.5 Å². The van der Waals surface area contributed by atoms with Gasteiger partial charge in [-0.2, -0.15) is 0 Å². The molecular weight excluding hydrogens is 479 g/mol. The van der Waals surface area contributed by atoms with Gasteiger partial charge in [-0.05, 0) is 62.9 Å². The smallest absolute Gasteiger partial charge is 0.191 e. The van der Waals surface area contributed by atoms with Gasteiger partial charge in [0.2, 0.25) is 0 Å². The summed E-state index contributed by atoms with van der Waals surface area (Å²) in [5.41, 5.74) is 1.21. The number of guanidine groups is 1. The Labute approximate surface area is 193 Å². The zero-order chi connectivity index (χ0) is 20.2. The Hall–Kier alpha value is -1.22. The Morgan fingerprint density at radius 2 is 1.83 bits per heavy atom.